The summed E-state index contributed by atoms with van der Waals surface area (Å²) in [5.41, 5.74) is 0.703. The first-order chi connectivity index (χ1) is 7.77. The number of hydrogen-bond acceptors (Lipinski definition) is 3. The van der Waals surface area contributed by atoms with Gasteiger partial charge in [-0.25, -0.2) is 0 Å². The highest BCUT2D eigenvalue weighted by Crippen LogP contribution is 2.23. The molecule has 4 heteroatoms. The molecule has 86 valence electrons. The Morgan fingerprint density at radius 1 is 1.56 bits per heavy atom. The second-order valence-electron chi connectivity index (χ2n) is 3.05. The summed E-state index contributed by atoms with van der Waals surface area (Å²) in [5.74, 6) is 1.84. The summed E-state index contributed by atoms with van der Waals surface area (Å²) in [4.78, 5) is 11.5. The number of para-hydroxylation sites is 2. The Hall–Kier alpha value is -1.42. The van der Waals surface area contributed by atoms with Gasteiger partial charge in [0.1, 0.15) is 5.75 Å². The van der Waals surface area contributed by atoms with Crippen LogP contribution < -0.4 is 10.1 Å². The Labute approximate surface area is 99.9 Å². The van der Waals surface area contributed by atoms with Gasteiger partial charge in [0.2, 0.25) is 5.91 Å². The maximum Gasteiger partial charge on any atom is 0.234 e. The average Bonchev–Trinajstić information content (AvgIpc) is 2.30. The zero-order valence-electron chi connectivity index (χ0n) is 9.23. The molecular weight excluding hydrogens is 222 g/mol. The highest BCUT2D eigenvalue weighted by atomic mass is 32.2. The number of rotatable bonds is 6. The molecular formula is C12H15NO2S. The van der Waals surface area contributed by atoms with Crippen LogP contribution in [0.3, 0.4) is 0 Å². The quantitative estimate of drug-likeness (QED) is 0.610. The molecule has 3 nitrogen and oxygen atoms in total. The number of anilines is 1. The minimum absolute atomic E-state index is 0.0312. The first-order valence-corrected chi connectivity index (χ1v) is 6.05. The first kappa shape index (κ1) is 12.6. The lowest BCUT2D eigenvalue weighted by molar-refractivity contribution is -0.113. The van der Waals surface area contributed by atoms with E-state index >= 15 is 0 Å². The van der Waals surface area contributed by atoms with Crippen LogP contribution >= 0.6 is 11.8 Å². The van der Waals surface area contributed by atoms with E-state index in [1.54, 1.807) is 13.2 Å². The van der Waals surface area contributed by atoms with Gasteiger partial charge in [-0.1, -0.05) is 18.2 Å². The predicted molar refractivity (Wildman–Crippen MR) is 69.1 cm³/mol. The van der Waals surface area contributed by atoms with E-state index in [1.807, 2.05) is 24.3 Å². The third-order valence-electron chi connectivity index (χ3n) is 1.85. The van der Waals surface area contributed by atoms with E-state index in [2.05, 4.69) is 11.9 Å². The van der Waals surface area contributed by atoms with E-state index in [-0.39, 0.29) is 5.91 Å². The minimum atomic E-state index is -0.0312. The van der Waals surface area contributed by atoms with E-state index < -0.39 is 0 Å². The fraction of sp³-hybridized carbons (Fsp3) is 0.250. The van der Waals surface area contributed by atoms with Crippen molar-refractivity contribution >= 4 is 23.4 Å². The fourth-order valence-corrected chi connectivity index (χ4v) is 1.71. The van der Waals surface area contributed by atoms with Crippen molar-refractivity contribution in [1.82, 2.24) is 0 Å². The molecule has 1 aromatic rings. The molecule has 0 saturated carbocycles. The van der Waals surface area contributed by atoms with Crippen molar-refractivity contribution in [3.63, 3.8) is 0 Å². The summed E-state index contributed by atoms with van der Waals surface area (Å²) < 4.78 is 5.13. The van der Waals surface area contributed by atoms with Crippen molar-refractivity contribution in [3.05, 3.63) is 36.9 Å². The Bertz CT molecular complexity index is 366. The lowest BCUT2D eigenvalue weighted by atomic mass is 10.3. The van der Waals surface area contributed by atoms with Crippen LogP contribution in [0.1, 0.15) is 0 Å². The number of carbonyl (C=O) groups excluding carboxylic acids is 1. The number of thioether (sulfide) groups is 1. The number of amides is 1. The lowest BCUT2D eigenvalue weighted by Gasteiger charge is -2.09. The molecule has 1 rings (SSSR count). The van der Waals surface area contributed by atoms with Gasteiger partial charge in [-0.3, -0.25) is 4.79 Å². The zero-order valence-corrected chi connectivity index (χ0v) is 10.0. The van der Waals surface area contributed by atoms with Crippen molar-refractivity contribution in [2.75, 3.05) is 23.9 Å². The van der Waals surface area contributed by atoms with Gasteiger partial charge in [-0.15, -0.1) is 18.3 Å². The second-order valence-corrected chi connectivity index (χ2v) is 4.08. The molecule has 0 radical (unpaired) electrons. The molecule has 0 heterocycles. The molecule has 0 fully saturated rings. The summed E-state index contributed by atoms with van der Waals surface area (Å²) in [6.07, 6.45) is 1.78. The molecule has 1 N–H and O–H groups in total. The first-order valence-electron chi connectivity index (χ1n) is 4.89. The largest absolute Gasteiger partial charge is 0.495 e. The Morgan fingerprint density at radius 2 is 2.31 bits per heavy atom. The summed E-state index contributed by atoms with van der Waals surface area (Å²) in [6.45, 7) is 3.60. The van der Waals surface area contributed by atoms with Crippen LogP contribution in [0.4, 0.5) is 5.69 Å². The van der Waals surface area contributed by atoms with Gasteiger partial charge in [-0.2, -0.15) is 0 Å². The van der Waals surface area contributed by atoms with Crippen molar-refractivity contribution in [2.24, 2.45) is 0 Å². The molecule has 1 amide bonds. The van der Waals surface area contributed by atoms with Crippen LogP contribution in [0.15, 0.2) is 36.9 Å². The van der Waals surface area contributed by atoms with Crippen molar-refractivity contribution < 1.29 is 9.53 Å². The van der Waals surface area contributed by atoms with Crippen molar-refractivity contribution in [2.45, 2.75) is 0 Å². The maximum atomic E-state index is 11.5. The van der Waals surface area contributed by atoms with E-state index in [9.17, 15) is 4.79 Å². The molecule has 0 aliphatic rings. The normalized spacial score (nSPS) is 9.56. The molecule has 0 bridgehead atoms. The fourth-order valence-electron chi connectivity index (χ4n) is 1.17. The third kappa shape index (κ3) is 3.98. The van der Waals surface area contributed by atoms with Gasteiger partial charge in [0.25, 0.3) is 0 Å². The molecule has 16 heavy (non-hydrogen) atoms. The van der Waals surface area contributed by atoms with Gasteiger partial charge in [0, 0.05) is 5.75 Å². The third-order valence-corrected chi connectivity index (χ3v) is 2.79. The van der Waals surface area contributed by atoms with Gasteiger partial charge < -0.3 is 10.1 Å². The highest BCUT2D eigenvalue weighted by molar-refractivity contribution is 8.00. The van der Waals surface area contributed by atoms with Crippen LogP contribution in [0.25, 0.3) is 0 Å². The molecule has 0 spiro atoms. The minimum Gasteiger partial charge on any atom is -0.495 e. The monoisotopic (exact) mass is 237 g/mol. The maximum absolute atomic E-state index is 11.5. The standard InChI is InChI=1S/C12H15NO2S/c1-3-8-16-9-12(14)13-10-6-4-5-7-11(10)15-2/h3-7H,1,8-9H2,2H3,(H,13,14). The highest BCUT2D eigenvalue weighted by Gasteiger charge is 2.05. The topological polar surface area (TPSA) is 38.3 Å². The van der Waals surface area contributed by atoms with Crippen molar-refractivity contribution in [1.29, 1.82) is 0 Å². The summed E-state index contributed by atoms with van der Waals surface area (Å²) in [6, 6.07) is 7.34. The molecule has 0 atom stereocenters. The van der Waals surface area contributed by atoms with Crippen LogP contribution in [-0.2, 0) is 4.79 Å². The van der Waals surface area contributed by atoms with E-state index in [1.165, 1.54) is 11.8 Å². The smallest absolute Gasteiger partial charge is 0.234 e. The molecule has 0 aromatic heterocycles. The predicted octanol–water partition coefficient (Wildman–Crippen LogP) is 2.55. The Balaban J connectivity index is 2.52. The summed E-state index contributed by atoms with van der Waals surface area (Å²) >= 11 is 1.52. The van der Waals surface area contributed by atoms with Crippen LogP contribution in [0.5, 0.6) is 5.75 Å². The SMILES string of the molecule is C=CCSCC(=O)Nc1ccccc1OC. The Kier molecular flexibility index (Phi) is 5.50. The molecule has 1 aromatic carbocycles. The number of hydrogen-bond donors (Lipinski definition) is 1. The summed E-state index contributed by atoms with van der Waals surface area (Å²) in [5, 5.41) is 2.80. The summed E-state index contributed by atoms with van der Waals surface area (Å²) in [7, 11) is 1.58. The van der Waals surface area contributed by atoms with E-state index in [0.717, 1.165) is 5.75 Å². The molecule has 0 aliphatic heterocycles. The van der Waals surface area contributed by atoms with Crippen LogP contribution in [0.2, 0.25) is 0 Å². The van der Waals surface area contributed by atoms with Gasteiger partial charge in [-0.05, 0) is 12.1 Å². The molecule has 0 unspecified atom stereocenters. The van der Waals surface area contributed by atoms with Gasteiger partial charge >= 0.3 is 0 Å². The van der Waals surface area contributed by atoms with Crippen LogP contribution in [-0.4, -0.2) is 24.5 Å². The van der Waals surface area contributed by atoms with Crippen LogP contribution in [0, 0.1) is 0 Å². The number of benzene rings is 1. The molecule has 0 aliphatic carbocycles. The van der Waals surface area contributed by atoms with Gasteiger partial charge in [0.15, 0.2) is 0 Å². The number of nitrogens with one attached hydrogen (secondary N) is 1. The Morgan fingerprint density at radius 3 is 3.00 bits per heavy atom. The number of ether oxygens (including phenoxy) is 1. The van der Waals surface area contributed by atoms with Gasteiger partial charge in [0.05, 0.1) is 18.6 Å². The average molecular weight is 237 g/mol. The number of carbonyl (C=O) groups is 1. The molecule has 0 saturated heterocycles. The van der Waals surface area contributed by atoms with E-state index in [4.69, 9.17) is 4.74 Å². The lowest BCUT2D eigenvalue weighted by Crippen LogP contribution is -2.14. The second kappa shape index (κ2) is 6.95. The van der Waals surface area contributed by atoms with E-state index in [0.29, 0.717) is 17.2 Å². The van der Waals surface area contributed by atoms with Crippen molar-refractivity contribution in [3.8, 4) is 5.75 Å². The zero-order chi connectivity index (χ0) is 11.8. The number of methoxy groups -OCH3 is 1.